The number of furan rings is 1. The van der Waals surface area contributed by atoms with Gasteiger partial charge in [0.15, 0.2) is 0 Å². The number of hydrogen-bond acceptors (Lipinski definition) is 3. The minimum atomic E-state index is -2.13. The molecule has 0 spiro atoms. The minimum absolute atomic E-state index is 0. The fourth-order valence-electron chi connectivity index (χ4n) is 6.48. The van der Waals surface area contributed by atoms with Crippen molar-refractivity contribution in [3.05, 3.63) is 137 Å². The predicted octanol–water partition coefficient (Wildman–Crippen LogP) is 11.8. The molecule has 0 saturated heterocycles. The summed E-state index contributed by atoms with van der Waals surface area (Å²) in [7, 11) is -1.61. The van der Waals surface area contributed by atoms with Crippen LogP contribution in [-0.4, -0.2) is 18.0 Å². The van der Waals surface area contributed by atoms with E-state index in [4.69, 9.17) is 9.90 Å². The summed E-state index contributed by atoms with van der Waals surface area (Å²) in [6, 6.07) is 26.9. The Bertz CT molecular complexity index is 2500. The molecule has 3 heterocycles. The van der Waals surface area contributed by atoms with Crippen LogP contribution in [0, 0.1) is 51.4 Å². The van der Waals surface area contributed by atoms with Crippen LogP contribution in [0.15, 0.2) is 89.6 Å². The van der Waals surface area contributed by atoms with E-state index < -0.39 is 20.8 Å². The quantitative estimate of drug-likeness (QED) is 0.128. The monoisotopic (exact) mass is 877 g/mol. The largest absolute Gasteiger partial charge is 0.500 e. The van der Waals surface area contributed by atoms with Gasteiger partial charge < -0.3 is 14.4 Å². The normalized spacial score (nSPS) is 13.1. The summed E-state index contributed by atoms with van der Waals surface area (Å²) in [6.07, 6.45) is 3.12. The van der Waals surface area contributed by atoms with E-state index in [0.29, 0.717) is 28.0 Å². The third-order valence-electron chi connectivity index (χ3n) is 8.79. The molecule has 3 nitrogen and oxygen atoms in total. The zero-order valence-corrected chi connectivity index (χ0v) is 33.4. The molecule has 3 aromatic heterocycles. The smallest absolute Gasteiger partial charge is 0.147 e. The maximum Gasteiger partial charge on any atom is 0.147 e. The van der Waals surface area contributed by atoms with Crippen molar-refractivity contribution in [2.75, 3.05) is 0 Å². The number of fused-ring (bicyclic) bond motifs is 3. The molecule has 0 unspecified atom stereocenters. The van der Waals surface area contributed by atoms with Crippen LogP contribution in [0.4, 0.5) is 8.78 Å². The maximum atomic E-state index is 14.8. The van der Waals surface area contributed by atoms with Gasteiger partial charge in [-0.3, -0.25) is 0 Å². The van der Waals surface area contributed by atoms with Crippen LogP contribution in [-0.2, 0) is 20.1 Å². The van der Waals surface area contributed by atoms with Gasteiger partial charge in [-0.1, -0.05) is 86.7 Å². The Morgan fingerprint density at radius 1 is 0.824 bits per heavy atom. The van der Waals surface area contributed by atoms with Crippen LogP contribution >= 0.6 is 0 Å². The summed E-state index contributed by atoms with van der Waals surface area (Å²) in [6.45, 7) is 14.4. The van der Waals surface area contributed by atoms with Crippen molar-refractivity contribution in [3.8, 4) is 33.6 Å². The summed E-state index contributed by atoms with van der Waals surface area (Å²) in [5.41, 5.74) is 9.41. The van der Waals surface area contributed by atoms with Crippen molar-refractivity contribution in [1.29, 1.82) is 0 Å². The Balaban J connectivity index is 0.000000213. The number of nitrogens with zero attached hydrogens (tertiary/aromatic N) is 2. The number of hydrogen-bond donors (Lipinski definition) is 0. The van der Waals surface area contributed by atoms with Crippen molar-refractivity contribution in [2.45, 2.75) is 67.0 Å². The first-order valence-electron chi connectivity index (χ1n) is 18.5. The Morgan fingerprint density at radius 2 is 1.55 bits per heavy atom. The Hall–Kier alpha value is -4.29. The molecular formula is C44H42F2IrN2OSi-2. The Morgan fingerprint density at radius 3 is 2.20 bits per heavy atom. The van der Waals surface area contributed by atoms with Gasteiger partial charge in [0, 0.05) is 48.8 Å². The minimum Gasteiger partial charge on any atom is -0.500 e. The average Bonchev–Trinajstić information content (AvgIpc) is 3.45. The third kappa shape index (κ3) is 7.96. The van der Waals surface area contributed by atoms with Gasteiger partial charge in [-0.2, -0.15) is 0 Å². The molecule has 0 atom stereocenters. The number of aromatic nitrogens is 2. The van der Waals surface area contributed by atoms with Gasteiger partial charge in [-0.15, -0.1) is 53.6 Å². The standard InChI is InChI=1S/C26H18F2NO.C18H24NSi.Ir/c1-14-9-15(2)25(16(3)10-14)21-12-23(29-13-22(21)28)20-6-4-5-19-18-8-7-17(27)11-24(18)30-26(19)20;1-13(2)16-11-17(15-9-7-14(3)8-10-15)19-12-18(16)20(4,5)6;/h4-5,7-13H,1-3H3;7-9,11-13H,1-6H3;/q2*-1;/i;3D3,13D;. The van der Waals surface area contributed by atoms with Crippen LogP contribution in [0.3, 0.4) is 0 Å². The zero-order chi connectivity index (χ0) is 39.3. The van der Waals surface area contributed by atoms with Crippen molar-refractivity contribution in [1.82, 2.24) is 9.97 Å². The van der Waals surface area contributed by atoms with Gasteiger partial charge in [0.05, 0.1) is 19.9 Å². The van der Waals surface area contributed by atoms with Crippen molar-refractivity contribution >= 4 is 35.2 Å². The molecule has 0 saturated carbocycles. The molecule has 0 aliphatic rings. The van der Waals surface area contributed by atoms with E-state index in [1.807, 2.05) is 65.1 Å². The molecule has 7 heteroatoms. The van der Waals surface area contributed by atoms with Gasteiger partial charge >= 0.3 is 0 Å². The van der Waals surface area contributed by atoms with Crippen LogP contribution in [0.1, 0.15) is 53.0 Å². The van der Waals surface area contributed by atoms with Crippen molar-refractivity contribution < 1.29 is 38.8 Å². The van der Waals surface area contributed by atoms with Crippen LogP contribution in [0.25, 0.3) is 55.6 Å². The molecule has 0 N–H and O–H groups in total. The summed E-state index contributed by atoms with van der Waals surface area (Å²) >= 11 is 0. The second-order valence-corrected chi connectivity index (χ2v) is 19.1. The zero-order valence-electron chi connectivity index (χ0n) is 34.0. The van der Waals surface area contributed by atoms with Crippen LogP contribution in [0.2, 0.25) is 19.6 Å². The first kappa shape index (κ1) is 32.6. The maximum absolute atomic E-state index is 14.8. The molecule has 263 valence electrons. The summed E-state index contributed by atoms with van der Waals surface area (Å²) in [5.74, 6) is -1.46. The topological polar surface area (TPSA) is 38.9 Å². The van der Waals surface area contributed by atoms with E-state index >= 15 is 0 Å². The van der Waals surface area contributed by atoms with Gasteiger partial charge in [-0.25, -0.2) is 8.78 Å². The summed E-state index contributed by atoms with van der Waals surface area (Å²) in [4.78, 5) is 8.87. The van der Waals surface area contributed by atoms with Crippen molar-refractivity contribution in [3.63, 3.8) is 0 Å². The number of halogens is 2. The molecule has 4 aromatic carbocycles. The molecule has 0 amide bonds. The SMILES string of the molecule is Cc1cc(C)c(-c2cc(-c3[c-]ccc4c3oc3cc(F)ccc34)ncc2F)c(C)c1.[2H]C([2H])([2H])c1c[c-]c(-c2cc(C([2H])(C)C)c([Si](C)(C)C)cn2)cc1.[Ir]. The predicted molar refractivity (Wildman–Crippen MR) is 206 cm³/mol. The Labute approximate surface area is 320 Å². The van der Waals surface area contributed by atoms with E-state index in [-0.39, 0.29) is 37.3 Å². The van der Waals surface area contributed by atoms with E-state index in [9.17, 15) is 8.78 Å². The molecule has 1 radical (unpaired) electrons. The first-order chi connectivity index (χ1) is 25.2. The van der Waals surface area contributed by atoms with Gasteiger partial charge in [-0.05, 0) is 72.1 Å². The number of pyridine rings is 2. The number of benzene rings is 4. The van der Waals surface area contributed by atoms with Gasteiger partial charge in [0.25, 0.3) is 0 Å². The van der Waals surface area contributed by atoms with E-state index in [0.717, 1.165) is 49.8 Å². The average molecular weight is 877 g/mol. The van der Waals surface area contributed by atoms with E-state index in [2.05, 4.69) is 41.7 Å². The third-order valence-corrected chi connectivity index (χ3v) is 10.8. The fourth-order valence-corrected chi connectivity index (χ4v) is 8.06. The molecule has 7 aromatic rings. The fraction of sp³-hybridized carbons (Fsp3) is 0.227. The first-order valence-corrected chi connectivity index (χ1v) is 20.0. The molecule has 51 heavy (non-hydrogen) atoms. The second kappa shape index (κ2) is 15.1. The molecule has 0 aliphatic carbocycles. The van der Waals surface area contributed by atoms with E-state index in [1.54, 1.807) is 30.3 Å². The molecule has 0 aliphatic heterocycles. The van der Waals surface area contributed by atoms with Crippen LogP contribution in [0.5, 0.6) is 0 Å². The Kier molecular flexibility index (Phi) is 9.67. The van der Waals surface area contributed by atoms with Crippen LogP contribution < -0.4 is 5.19 Å². The molecule has 0 bridgehead atoms. The molecule has 7 rings (SSSR count). The van der Waals surface area contributed by atoms with E-state index in [1.165, 1.54) is 29.6 Å². The molecular weight excluding hydrogens is 831 g/mol. The van der Waals surface area contributed by atoms with Gasteiger partial charge in [0.2, 0.25) is 0 Å². The summed E-state index contributed by atoms with van der Waals surface area (Å²) < 4.78 is 65.2. The number of rotatable bonds is 5. The number of aryl methyl sites for hydroxylation is 4. The summed E-state index contributed by atoms with van der Waals surface area (Å²) in [5, 5.41) is 2.84. The second-order valence-electron chi connectivity index (χ2n) is 14.0. The molecule has 0 fully saturated rings. The van der Waals surface area contributed by atoms with Gasteiger partial charge in [0.1, 0.15) is 17.2 Å². The van der Waals surface area contributed by atoms with Crippen molar-refractivity contribution in [2.24, 2.45) is 0 Å².